The standard InChI is InChI=1S/C10H15N5OS/c11-5-8-6-17-10-13-12-9(15(10)14-8)7-1-3-16-4-2-7/h7H,1-6,11H2. The molecule has 0 unspecified atom stereocenters. The maximum Gasteiger partial charge on any atom is 0.212 e. The van der Waals surface area contributed by atoms with E-state index in [-0.39, 0.29) is 0 Å². The summed E-state index contributed by atoms with van der Waals surface area (Å²) in [6.45, 7) is 2.10. The molecule has 1 aromatic heterocycles. The molecule has 6 nitrogen and oxygen atoms in total. The third kappa shape index (κ3) is 2.10. The van der Waals surface area contributed by atoms with Crippen molar-refractivity contribution in [2.45, 2.75) is 23.9 Å². The first-order chi connectivity index (χ1) is 8.38. The highest BCUT2D eigenvalue weighted by Crippen LogP contribution is 2.30. The normalized spacial score (nSPS) is 21.1. The van der Waals surface area contributed by atoms with Crippen LogP contribution in [0.2, 0.25) is 0 Å². The van der Waals surface area contributed by atoms with Crippen LogP contribution in [0.3, 0.4) is 0 Å². The summed E-state index contributed by atoms with van der Waals surface area (Å²) in [7, 11) is 0. The molecule has 2 aliphatic rings. The summed E-state index contributed by atoms with van der Waals surface area (Å²) in [5, 5.41) is 13.9. The number of ether oxygens (including phenoxy) is 1. The van der Waals surface area contributed by atoms with Crippen LogP contribution in [-0.4, -0.2) is 46.1 Å². The molecule has 0 amide bonds. The number of hydrogen-bond donors (Lipinski definition) is 1. The minimum Gasteiger partial charge on any atom is -0.381 e. The van der Waals surface area contributed by atoms with Gasteiger partial charge in [-0.15, -0.1) is 10.2 Å². The molecule has 0 atom stereocenters. The largest absolute Gasteiger partial charge is 0.381 e. The van der Waals surface area contributed by atoms with Crippen molar-refractivity contribution in [1.29, 1.82) is 0 Å². The first-order valence-electron chi connectivity index (χ1n) is 5.81. The first-order valence-corrected chi connectivity index (χ1v) is 6.79. The molecular weight excluding hydrogens is 238 g/mol. The predicted molar refractivity (Wildman–Crippen MR) is 65.4 cm³/mol. The van der Waals surface area contributed by atoms with Crippen LogP contribution in [0.5, 0.6) is 0 Å². The quantitative estimate of drug-likeness (QED) is 0.827. The van der Waals surface area contributed by atoms with Crippen LogP contribution in [-0.2, 0) is 4.74 Å². The van der Waals surface area contributed by atoms with Gasteiger partial charge in [-0.1, -0.05) is 11.8 Å². The average molecular weight is 253 g/mol. The van der Waals surface area contributed by atoms with Crippen molar-refractivity contribution < 1.29 is 4.74 Å². The summed E-state index contributed by atoms with van der Waals surface area (Å²) < 4.78 is 7.23. The highest BCUT2D eigenvalue weighted by molar-refractivity contribution is 7.99. The van der Waals surface area contributed by atoms with Crippen molar-refractivity contribution in [2.75, 3.05) is 25.5 Å². The summed E-state index contributed by atoms with van der Waals surface area (Å²) in [5.41, 5.74) is 6.64. The number of fused-ring (bicyclic) bond motifs is 1. The molecule has 92 valence electrons. The fourth-order valence-electron chi connectivity index (χ4n) is 2.09. The van der Waals surface area contributed by atoms with Crippen LogP contribution in [0.15, 0.2) is 10.3 Å². The van der Waals surface area contributed by atoms with Gasteiger partial charge in [-0.05, 0) is 12.8 Å². The van der Waals surface area contributed by atoms with Crippen LogP contribution in [0.4, 0.5) is 0 Å². The lowest BCUT2D eigenvalue weighted by molar-refractivity contribution is 0.0828. The van der Waals surface area contributed by atoms with E-state index in [0.29, 0.717) is 12.5 Å². The van der Waals surface area contributed by atoms with Crippen molar-refractivity contribution in [3.63, 3.8) is 0 Å². The number of aromatic nitrogens is 3. The van der Waals surface area contributed by atoms with Gasteiger partial charge in [0.15, 0.2) is 5.82 Å². The Labute approximate surface area is 104 Å². The SMILES string of the molecule is NCC1=Nn2c(nnc2C2CCOCC2)SC1. The van der Waals surface area contributed by atoms with E-state index in [9.17, 15) is 0 Å². The molecule has 1 aromatic rings. The molecule has 0 saturated carbocycles. The number of rotatable bonds is 2. The first kappa shape index (κ1) is 11.2. The maximum absolute atomic E-state index is 5.64. The van der Waals surface area contributed by atoms with Gasteiger partial charge in [0.2, 0.25) is 5.16 Å². The van der Waals surface area contributed by atoms with Gasteiger partial charge in [-0.2, -0.15) is 9.78 Å². The zero-order chi connectivity index (χ0) is 11.7. The third-order valence-corrected chi connectivity index (χ3v) is 4.06. The zero-order valence-corrected chi connectivity index (χ0v) is 10.3. The Hall–Kier alpha value is -0.920. The monoisotopic (exact) mass is 253 g/mol. The summed E-state index contributed by atoms with van der Waals surface area (Å²) in [4.78, 5) is 0. The fraction of sp³-hybridized carbons (Fsp3) is 0.700. The second-order valence-corrected chi connectivity index (χ2v) is 5.14. The van der Waals surface area contributed by atoms with E-state index in [1.165, 1.54) is 0 Å². The summed E-state index contributed by atoms with van der Waals surface area (Å²) >= 11 is 1.65. The number of thioether (sulfide) groups is 1. The zero-order valence-electron chi connectivity index (χ0n) is 9.50. The Bertz CT molecular complexity index is 438. The van der Waals surface area contributed by atoms with Crippen molar-refractivity contribution in [2.24, 2.45) is 10.8 Å². The molecule has 0 spiro atoms. The van der Waals surface area contributed by atoms with Gasteiger partial charge in [-0.3, -0.25) is 0 Å². The van der Waals surface area contributed by atoms with Gasteiger partial charge in [0.05, 0.1) is 5.71 Å². The molecule has 1 saturated heterocycles. The van der Waals surface area contributed by atoms with E-state index in [1.807, 2.05) is 4.68 Å². The molecule has 1 fully saturated rings. The maximum atomic E-state index is 5.64. The molecule has 7 heteroatoms. The molecule has 0 aliphatic carbocycles. The molecule has 2 N–H and O–H groups in total. The highest BCUT2D eigenvalue weighted by Gasteiger charge is 2.25. The molecule has 0 bridgehead atoms. The van der Waals surface area contributed by atoms with Gasteiger partial charge in [0.1, 0.15) is 0 Å². The smallest absolute Gasteiger partial charge is 0.212 e. The second-order valence-electron chi connectivity index (χ2n) is 4.20. The van der Waals surface area contributed by atoms with Crippen molar-refractivity contribution in [3.8, 4) is 0 Å². The predicted octanol–water partition coefficient (Wildman–Crippen LogP) is 0.441. The van der Waals surface area contributed by atoms with Crippen LogP contribution in [0.1, 0.15) is 24.6 Å². The summed E-state index contributed by atoms with van der Waals surface area (Å²) in [6, 6.07) is 0. The van der Waals surface area contributed by atoms with Gasteiger partial charge in [0.25, 0.3) is 0 Å². The van der Waals surface area contributed by atoms with Gasteiger partial charge < -0.3 is 10.5 Å². The van der Waals surface area contributed by atoms with Crippen molar-refractivity contribution in [1.82, 2.24) is 14.9 Å². The van der Waals surface area contributed by atoms with Crippen LogP contribution in [0.25, 0.3) is 0 Å². The molecule has 0 radical (unpaired) electrons. The molecule has 17 heavy (non-hydrogen) atoms. The van der Waals surface area contributed by atoms with E-state index in [4.69, 9.17) is 10.5 Å². The Balaban J connectivity index is 1.92. The number of nitrogens with zero attached hydrogens (tertiary/aromatic N) is 4. The Kier molecular flexibility index (Phi) is 3.13. The number of nitrogens with two attached hydrogens (primary N) is 1. The van der Waals surface area contributed by atoms with Crippen LogP contribution < -0.4 is 5.73 Å². The molecule has 3 rings (SSSR count). The highest BCUT2D eigenvalue weighted by atomic mass is 32.2. The van der Waals surface area contributed by atoms with Crippen molar-refractivity contribution in [3.05, 3.63) is 5.82 Å². The van der Waals surface area contributed by atoms with Crippen LogP contribution >= 0.6 is 11.8 Å². The minimum absolute atomic E-state index is 0.409. The van der Waals surface area contributed by atoms with Crippen molar-refractivity contribution >= 4 is 17.5 Å². The van der Waals surface area contributed by atoms with Gasteiger partial charge in [-0.25, -0.2) is 0 Å². The van der Waals surface area contributed by atoms with Crippen LogP contribution in [0, 0.1) is 0 Å². The minimum atomic E-state index is 0.409. The van der Waals surface area contributed by atoms with Gasteiger partial charge in [0, 0.05) is 31.4 Å². The second kappa shape index (κ2) is 4.75. The Morgan fingerprint density at radius 2 is 2.18 bits per heavy atom. The number of hydrogen-bond acceptors (Lipinski definition) is 6. The third-order valence-electron chi connectivity index (χ3n) is 3.07. The topological polar surface area (TPSA) is 78.3 Å². The summed E-state index contributed by atoms with van der Waals surface area (Å²) in [5.74, 6) is 2.19. The van der Waals surface area contributed by atoms with Gasteiger partial charge >= 0.3 is 0 Å². The Morgan fingerprint density at radius 1 is 1.35 bits per heavy atom. The van der Waals surface area contributed by atoms with E-state index >= 15 is 0 Å². The van der Waals surface area contributed by atoms with E-state index < -0.39 is 0 Å². The molecule has 0 aromatic carbocycles. The Morgan fingerprint density at radius 3 is 2.94 bits per heavy atom. The molecule has 2 aliphatic heterocycles. The fourth-order valence-corrected chi connectivity index (χ4v) is 2.92. The lowest BCUT2D eigenvalue weighted by Crippen LogP contribution is -2.23. The summed E-state index contributed by atoms with van der Waals surface area (Å²) in [6.07, 6.45) is 1.99. The lowest BCUT2D eigenvalue weighted by atomic mass is 10.00. The van der Waals surface area contributed by atoms with E-state index in [0.717, 1.165) is 48.5 Å². The molecule has 3 heterocycles. The lowest BCUT2D eigenvalue weighted by Gasteiger charge is -2.21. The van der Waals surface area contributed by atoms with E-state index in [1.54, 1.807) is 11.8 Å². The van der Waals surface area contributed by atoms with E-state index in [2.05, 4.69) is 15.3 Å². The average Bonchev–Trinajstić information content (AvgIpc) is 2.82. The molecular formula is C10H15N5OS.